The van der Waals surface area contributed by atoms with Crippen LogP contribution in [0.1, 0.15) is 0 Å². The number of aliphatic hydroxyl groups excluding tert-OH is 3. The molecule has 0 unspecified atom stereocenters. The van der Waals surface area contributed by atoms with Gasteiger partial charge in [0.15, 0.2) is 6.04 Å². The molecule has 0 aromatic heterocycles. The second kappa shape index (κ2) is 3.65. The lowest BCUT2D eigenvalue weighted by Crippen LogP contribution is -2.79. The molecule has 12 heavy (non-hydrogen) atoms. The summed E-state index contributed by atoms with van der Waals surface area (Å²) in [5.41, 5.74) is 7.00. The van der Waals surface area contributed by atoms with E-state index in [2.05, 4.69) is 11.5 Å². The van der Waals surface area contributed by atoms with Crippen molar-refractivity contribution in [2.24, 2.45) is 0 Å². The molecule has 0 saturated carbocycles. The van der Waals surface area contributed by atoms with E-state index < -0.39 is 30.6 Å². The standard InChI is InChI=1S/C6H14N2O4/c7-1-2-4(9)5(10)3(8)6(11)12-2/h2-6,9-11H,1,7-8H2/p+2/t2-,3+,4+,5+,6-/m0/s1. The Labute approximate surface area is 69.7 Å². The van der Waals surface area contributed by atoms with Gasteiger partial charge in [-0.25, -0.2) is 0 Å². The molecule has 0 radical (unpaired) electrons. The minimum atomic E-state index is -1.12. The number of aliphatic hydroxyl groups is 3. The molecule has 0 aromatic rings. The van der Waals surface area contributed by atoms with Crippen molar-refractivity contribution >= 4 is 0 Å². The SMILES string of the molecule is [NH3+]C[C@@H]1O[C@H](O)[C@H]([NH3+])[C@@H](O)[C@@H]1O. The summed E-state index contributed by atoms with van der Waals surface area (Å²) in [6.45, 7) is 0.308. The maximum Gasteiger partial charge on any atom is 0.211 e. The molecule has 72 valence electrons. The molecule has 0 aromatic carbocycles. The van der Waals surface area contributed by atoms with Crippen LogP contribution >= 0.6 is 0 Å². The molecule has 6 heteroatoms. The highest BCUT2D eigenvalue weighted by Crippen LogP contribution is 2.15. The zero-order chi connectivity index (χ0) is 9.30. The summed E-state index contributed by atoms with van der Waals surface area (Å²) in [6, 6.07) is -0.706. The van der Waals surface area contributed by atoms with Crippen molar-refractivity contribution in [1.29, 1.82) is 0 Å². The van der Waals surface area contributed by atoms with Crippen LogP contribution in [0.25, 0.3) is 0 Å². The van der Waals surface area contributed by atoms with Gasteiger partial charge in [0.1, 0.15) is 24.9 Å². The Morgan fingerprint density at radius 3 is 2.25 bits per heavy atom. The largest absolute Gasteiger partial charge is 0.387 e. The van der Waals surface area contributed by atoms with Gasteiger partial charge in [-0.05, 0) is 0 Å². The predicted molar refractivity (Wildman–Crippen MR) is 37.3 cm³/mol. The molecule has 1 rings (SSSR count). The van der Waals surface area contributed by atoms with Gasteiger partial charge in [0.25, 0.3) is 0 Å². The Balaban J connectivity index is 2.63. The van der Waals surface area contributed by atoms with Gasteiger partial charge in [-0.2, -0.15) is 0 Å². The molecule has 0 bridgehead atoms. The molecular formula is C6H16N2O4+2. The average Bonchev–Trinajstić information content (AvgIpc) is 2.08. The van der Waals surface area contributed by atoms with Crippen LogP contribution in [0.15, 0.2) is 0 Å². The molecule has 0 amide bonds. The number of hydrogen-bond donors (Lipinski definition) is 5. The smallest absolute Gasteiger partial charge is 0.211 e. The van der Waals surface area contributed by atoms with Gasteiger partial charge in [0.2, 0.25) is 6.29 Å². The van der Waals surface area contributed by atoms with Crippen molar-refractivity contribution in [1.82, 2.24) is 0 Å². The maximum atomic E-state index is 9.36. The Morgan fingerprint density at radius 1 is 1.17 bits per heavy atom. The molecule has 1 aliphatic heterocycles. The molecule has 1 aliphatic rings. The zero-order valence-electron chi connectivity index (χ0n) is 6.76. The fourth-order valence-corrected chi connectivity index (χ4v) is 1.24. The quantitative estimate of drug-likeness (QED) is 0.278. The van der Waals surface area contributed by atoms with Gasteiger partial charge in [0, 0.05) is 0 Å². The lowest BCUT2D eigenvalue weighted by Gasteiger charge is -2.35. The number of ether oxygens (including phenoxy) is 1. The Morgan fingerprint density at radius 2 is 1.75 bits per heavy atom. The Kier molecular flexibility index (Phi) is 2.99. The molecule has 1 saturated heterocycles. The highest BCUT2D eigenvalue weighted by Gasteiger charge is 2.44. The first-order valence-electron chi connectivity index (χ1n) is 3.90. The van der Waals surface area contributed by atoms with Crippen LogP contribution in [0.5, 0.6) is 0 Å². The average molecular weight is 180 g/mol. The van der Waals surface area contributed by atoms with Crippen LogP contribution in [0.2, 0.25) is 0 Å². The summed E-state index contributed by atoms with van der Waals surface area (Å²) in [4.78, 5) is 0. The minimum absolute atomic E-state index is 0.308. The molecule has 5 atom stereocenters. The van der Waals surface area contributed by atoms with Crippen molar-refractivity contribution in [2.45, 2.75) is 30.6 Å². The topological polar surface area (TPSA) is 125 Å². The highest BCUT2D eigenvalue weighted by atomic mass is 16.6. The third kappa shape index (κ3) is 1.58. The van der Waals surface area contributed by atoms with Gasteiger partial charge >= 0.3 is 0 Å². The van der Waals surface area contributed by atoms with Crippen LogP contribution < -0.4 is 11.5 Å². The molecule has 9 N–H and O–H groups in total. The predicted octanol–water partition coefficient (Wildman–Crippen LogP) is -4.72. The first-order chi connectivity index (χ1) is 5.57. The van der Waals surface area contributed by atoms with Crippen molar-refractivity contribution < 1.29 is 31.5 Å². The van der Waals surface area contributed by atoms with E-state index in [-0.39, 0.29) is 0 Å². The third-order valence-electron chi connectivity index (χ3n) is 2.13. The number of hydrogen-bond acceptors (Lipinski definition) is 4. The number of quaternary nitrogens is 2. The normalized spacial score (nSPS) is 49.2. The van der Waals surface area contributed by atoms with Gasteiger partial charge in [0.05, 0.1) is 0 Å². The molecule has 0 aliphatic carbocycles. The van der Waals surface area contributed by atoms with Crippen LogP contribution in [0, 0.1) is 0 Å². The summed E-state index contributed by atoms with van der Waals surface area (Å²) in [7, 11) is 0. The second-order valence-electron chi connectivity index (χ2n) is 3.00. The van der Waals surface area contributed by atoms with Crippen molar-refractivity contribution in [2.75, 3.05) is 6.54 Å². The summed E-state index contributed by atoms with van der Waals surface area (Å²) in [6.07, 6.45) is -3.77. The fourth-order valence-electron chi connectivity index (χ4n) is 1.24. The first kappa shape index (κ1) is 9.85. The lowest BCUT2D eigenvalue weighted by molar-refractivity contribution is -0.506. The molecule has 1 heterocycles. The molecular weight excluding hydrogens is 164 g/mol. The summed E-state index contributed by atoms with van der Waals surface area (Å²) in [5.74, 6) is 0. The fraction of sp³-hybridized carbons (Fsp3) is 1.00. The lowest BCUT2D eigenvalue weighted by atomic mass is 9.98. The van der Waals surface area contributed by atoms with Crippen molar-refractivity contribution in [3.8, 4) is 0 Å². The summed E-state index contributed by atoms with van der Waals surface area (Å²) < 4.78 is 4.95. The van der Waals surface area contributed by atoms with E-state index in [0.717, 1.165) is 0 Å². The third-order valence-corrected chi connectivity index (χ3v) is 2.13. The summed E-state index contributed by atoms with van der Waals surface area (Å²) in [5, 5.41) is 27.9. The van der Waals surface area contributed by atoms with Gasteiger partial charge < -0.3 is 31.5 Å². The molecule has 0 spiro atoms. The van der Waals surface area contributed by atoms with Crippen LogP contribution in [0.4, 0.5) is 0 Å². The van der Waals surface area contributed by atoms with Gasteiger partial charge in [-0.1, -0.05) is 0 Å². The van der Waals surface area contributed by atoms with Crippen molar-refractivity contribution in [3.63, 3.8) is 0 Å². The van der Waals surface area contributed by atoms with Gasteiger partial charge in [-0.3, -0.25) is 0 Å². The van der Waals surface area contributed by atoms with E-state index in [9.17, 15) is 15.3 Å². The Hall–Kier alpha value is -0.240. The monoisotopic (exact) mass is 180 g/mol. The minimum Gasteiger partial charge on any atom is -0.387 e. The first-order valence-corrected chi connectivity index (χ1v) is 3.90. The zero-order valence-corrected chi connectivity index (χ0v) is 6.76. The van der Waals surface area contributed by atoms with E-state index in [1.54, 1.807) is 0 Å². The van der Waals surface area contributed by atoms with E-state index in [4.69, 9.17) is 4.74 Å². The van der Waals surface area contributed by atoms with E-state index in [1.165, 1.54) is 0 Å². The van der Waals surface area contributed by atoms with E-state index >= 15 is 0 Å². The molecule has 6 nitrogen and oxygen atoms in total. The highest BCUT2D eigenvalue weighted by molar-refractivity contribution is 4.86. The number of rotatable bonds is 1. The van der Waals surface area contributed by atoms with Crippen LogP contribution in [0.3, 0.4) is 0 Å². The summed E-state index contributed by atoms with van der Waals surface area (Å²) >= 11 is 0. The second-order valence-corrected chi connectivity index (χ2v) is 3.00. The van der Waals surface area contributed by atoms with Gasteiger partial charge in [-0.15, -0.1) is 0 Å². The van der Waals surface area contributed by atoms with E-state index in [0.29, 0.717) is 6.54 Å². The van der Waals surface area contributed by atoms with Crippen LogP contribution in [-0.2, 0) is 4.74 Å². The molecule has 1 fully saturated rings. The maximum absolute atomic E-state index is 9.36. The van der Waals surface area contributed by atoms with E-state index in [1.807, 2.05) is 0 Å². The van der Waals surface area contributed by atoms with Crippen molar-refractivity contribution in [3.05, 3.63) is 0 Å². The Bertz CT molecular complexity index is 152. The van der Waals surface area contributed by atoms with Crippen LogP contribution in [-0.4, -0.2) is 52.5 Å².